The summed E-state index contributed by atoms with van der Waals surface area (Å²) in [5.74, 6) is 0. The number of hydrogen-bond donors (Lipinski definition) is 2. The molecular formula is C9H13ClN2O. The molecule has 72 valence electrons. The summed E-state index contributed by atoms with van der Waals surface area (Å²) in [6.07, 6.45) is 0.868. The van der Waals surface area contributed by atoms with Crippen molar-refractivity contribution in [3.05, 3.63) is 28.5 Å². The third-order valence-electron chi connectivity index (χ3n) is 1.88. The molecule has 0 aliphatic rings. The fourth-order valence-corrected chi connectivity index (χ4v) is 1.15. The predicted octanol–water partition coefficient (Wildman–Crippen LogP) is 1.42. The number of pyridine rings is 1. The average Bonchev–Trinajstić information content (AvgIpc) is 2.08. The molecule has 1 rings (SSSR count). The first-order valence-electron chi connectivity index (χ1n) is 4.08. The Hall–Kier alpha value is -0.640. The van der Waals surface area contributed by atoms with Crippen LogP contribution in [0.5, 0.6) is 0 Å². The number of nitrogens with zero attached hydrogens (tertiary/aromatic N) is 1. The Balaban J connectivity index is 2.97. The molecule has 0 saturated carbocycles. The van der Waals surface area contributed by atoms with Crippen LogP contribution < -0.4 is 5.73 Å². The number of aliphatic hydroxyl groups excluding tert-OH is 1. The van der Waals surface area contributed by atoms with Gasteiger partial charge in [0.05, 0.1) is 6.10 Å². The van der Waals surface area contributed by atoms with Crippen LogP contribution in [0.4, 0.5) is 0 Å². The van der Waals surface area contributed by atoms with Crippen LogP contribution in [0.15, 0.2) is 12.3 Å². The van der Waals surface area contributed by atoms with Crippen LogP contribution in [0, 0.1) is 6.92 Å². The first kappa shape index (κ1) is 10.4. The molecule has 0 saturated heterocycles. The molecule has 2 atom stereocenters. The van der Waals surface area contributed by atoms with Gasteiger partial charge in [-0.25, -0.2) is 4.98 Å². The van der Waals surface area contributed by atoms with E-state index in [2.05, 4.69) is 4.98 Å². The maximum atomic E-state index is 9.61. The third kappa shape index (κ3) is 2.40. The maximum absolute atomic E-state index is 9.61. The number of halogens is 1. The van der Waals surface area contributed by atoms with Crippen molar-refractivity contribution in [2.24, 2.45) is 5.73 Å². The fraction of sp³-hybridized carbons (Fsp3) is 0.444. The minimum absolute atomic E-state index is 0.303. The van der Waals surface area contributed by atoms with Crippen molar-refractivity contribution in [3.8, 4) is 0 Å². The zero-order chi connectivity index (χ0) is 10.0. The van der Waals surface area contributed by atoms with Gasteiger partial charge in [-0.3, -0.25) is 0 Å². The van der Waals surface area contributed by atoms with Crippen LogP contribution in [0.2, 0.25) is 5.15 Å². The molecular weight excluding hydrogens is 188 g/mol. The summed E-state index contributed by atoms with van der Waals surface area (Å²) < 4.78 is 0. The van der Waals surface area contributed by atoms with Crippen molar-refractivity contribution in [2.75, 3.05) is 0 Å². The van der Waals surface area contributed by atoms with Gasteiger partial charge in [0.2, 0.25) is 0 Å². The Morgan fingerprint density at radius 2 is 2.23 bits per heavy atom. The number of aryl methyl sites for hydroxylation is 1. The molecule has 3 N–H and O–H groups in total. The van der Waals surface area contributed by atoms with E-state index in [4.69, 9.17) is 17.3 Å². The van der Waals surface area contributed by atoms with E-state index >= 15 is 0 Å². The van der Waals surface area contributed by atoms with Crippen LogP contribution >= 0.6 is 11.6 Å². The highest BCUT2D eigenvalue weighted by Gasteiger charge is 2.13. The lowest BCUT2D eigenvalue weighted by Gasteiger charge is -2.14. The molecule has 0 aliphatic carbocycles. The summed E-state index contributed by atoms with van der Waals surface area (Å²) in [5.41, 5.74) is 7.10. The van der Waals surface area contributed by atoms with Crippen LogP contribution in [-0.4, -0.2) is 16.1 Å². The SMILES string of the molecule is Cc1cc([C@H](O)[C@@H](C)N)cnc1Cl. The van der Waals surface area contributed by atoms with E-state index < -0.39 is 6.10 Å². The Labute approximate surface area is 82.5 Å². The molecule has 4 heteroatoms. The molecule has 13 heavy (non-hydrogen) atoms. The molecule has 0 radical (unpaired) electrons. The van der Waals surface area contributed by atoms with Gasteiger partial charge in [0, 0.05) is 17.8 Å². The Morgan fingerprint density at radius 3 is 2.69 bits per heavy atom. The van der Waals surface area contributed by atoms with E-state index in [0.29, 0.717) is 10.7 Å². The summed E-state index contributed by atoms with van der Waals surface area (Å²) >= 11 is 5.74. The van der Waals surface area contributed by atoms with Crippen LogP contribution in [0.1, 0.15) is 24.2 Å². The van der Waals surface area contributed by atoms with Gasteiger partial charge in [-0.2, -0.15) is 0 Å². The van der Waals surface area contributed by atoms with Crippen LogP contribution in [0.25, 0.3) is 0 Å². The summed E-state index contributed by atoms with van der Waals surface area (Å²) in [6, 6.07) is 1.49. The molecule has 0 aliphatic heterocycles. The fourth-order valence-electron chi connectivity index (χ4n) is 1.05. The maximum Gasteiger partial charge on any atom is 0.131 e. The Bertz CT molecular complexity index is 302. The van der Waals surface area contributed by atoms with Crippen molar-refractivity contribution < 1.29 is 5.11 Å². The summed E-state index contributed by atoms with van der Waals surface area (Å²) in [6.45, 7) is 3.58. The normalized spacial score (nSPS) is 15.5. The van der Waals surface area contributed by atoms with Gasteiger partial charge >= 0.3 is 0 Å². The lowest BCUT2D eigenvalue weighted by Crippen LogP contribution is -2.24. The first-order chi connectivity index (χ1) is 6.02. The topological polar surface area (TPSA) is 59.1 Å². The zero-order valence-corrected chi connectivity index (χ0v) is 8.42. The van der Waals surface area contributed by atoms with E-state index in [1.165, 1.54) is 0 Å². The summed E-state index contributed by atoms with van der Waals surface area (Å²) in [4.78, 5) is 3.93. The van der Waals surface area contributed by atoms with Gasteiger partial charge in [-0.1, -0.05) is 11.6 Å². The number of aliphatic hydroxyl groups is 1. The molecule has 0 aromatic carbocycles. The molecule has 0 fully saturated rings. The second-order valence-electron chi connectivity index (χ2n) is 3.18. The second kappa shape index (κ2) is 4.05. The zero-order valence-electron chi connectivity index (χ0n) is 7.66. The molecule has 0 bridgehead atoms. The van der Waals surface area contributed by atoms with E-state index in [9.17, 15) is 5.11 Å². The lowest BCUT2D eigenvalue weighted by molar-refractivity contribution is 0.153. The van der Waals surface area contributed by atoms with Crippen LogP contribution in [0.3, 0.4) is 0 Å². The van der Waals surface area contributed by atoms with Gasteiger partial charge in [0.15, 0.2) is 0 Å². The number of rotatable bonds is 2. The van der Waals surface area contributed by atoms with Gasteiger partial charge in [0.25, 0.3) is 0 Å². The Kier molecular flexibility index (Phi) is 3.25. The molecule has 3 nitrogen and oxygen atoms in total. The monoisotopic (exact) mass is 200 g/mol. The quantitative estimate of drug-likeness (QED) is 0.710. The van der Waals surface area contributed by atoms with Crippen molar-refractivity contribution in [2.45, 2.75) is 26.0 Å². The van der Waals surface area contributed by atoms with E-state index in [1.54, 1.807) is 19.2 Å². The molecule has 1 aromatic heterocycles. The highest BCUT2D eigenvalue weighted by Crippen LogP contribution is 2.19. The van der Waals surface area contributed by atoms with Gasteiger partial charge in [-0.05, 0) is 25.5 Å². The smallest absolute Gasteiger partial charge is 0.131 e. The second-order valence-corrected chi connectivity index (χ2v) is 3.54. The standard InChI is InChI=1S/C9H13ClN2O/c1-5-3-7(4-12-9(5)10)8(13)6(2)11/h3-4,6,8,13H,11H2,1-2H3/t6-,8-/m1/s1. The summed E-state index contributed by atoms with van der Waals surface area (Å²) in [7, 11) is 0. The average molecular weight is 201 g/mol. The van der Waals surface area contributed by atoms with Gasteiger partial charge in [0.1, 0.15) is 5.15 Å². The predicted molar refractivity (Wildman–Crippen MR) is 52.6 cm³/mol. The van der Waals surface area contributed by atoms with Gasteiger partial charge < -0.3 is 10.8 Å². The van der Waals surface area contributed by atoms with Crippen LogP contribution in [-0.2, 0) is 0 Å². The Morgan fingerprint density at radius 1 is 1.62 bits per heavy atom. The first-order valence-corrected chi connectivity index (χ1v) is 4.46. The molecule has 0 amide bonds. The number of aromatic nitrogens is 1. The number of hydrogen-bond acceptors (Lipinski definition) is 3. The van der Waals surface area contributed by atoms with Gasteiger partial charge in [-0.15, -0.1) is 0 Å². The van der Waals surface area contributed by atoms with Crippen molar-refractivity contribution in [3.63, 3.8) is 0 Å². The molecule has 0 spiro atoms. The van der Waals surface area contributed by atoms with Crippen molar-refractivity contribution in [1.82, 2.24) is 4.98 Å². The van der Waals surface area contributed by atoms with E-state index in [-0.39, 0.29) is 6.04 Å². The molecule has 1 aromatic rings. The lowest BCUT2D eigenvalue weighted by atomic mass is 10.1. The largest absolute Gasteiger partial charge is 0.387 e. The van der Waals surface area contributed by atoms with Crippen molar-refractivity contribution in [1.29, 1.82) is 0 Å². The molecule has 0 unspecified atom stereocenters. The van der Waals surface area contributed by atoms with E-state index in [0.717, 1.165) is 5.56 Å². The van der Waals surface area contributed by atoms with E-state index in [1.807, 2.05) is 6.92 Å². The highest BCUT2D eigenvalue weighted by atomic mass is 35.5. The highest BCUT2D eigenvalue weighted by molar-refractivity contribution is 6.30. The third-order valence-corrected chi connectivity index (χ3v) is 2.27. The minimum Gasteiger partial charge on any atom is -0.387 e. The minimum atomic E-state index is -0.677. The summed E-state index contributed by atoms with van der Waals surface area (Å²) in [5, 5.41) is 10.1. The van der Waals surface area contributed by atoms with Crippen molar-refractivity contribution >= 4 is 11.6 Å². The molecule has 1 heterocycles. The number of nitrogens with two attached hydrogens (primary N) is 1.